The van der Waals surface area contributed by atoms with Crippen LogP contribution in [0.4, 0.5) is 0 Å². The van der Waals surface area contributed by atoms with Crippen molar-refractivity contribution in [1.29, 1.82) is 0 Å². The monoisotopic (exact) mass is 275 g/mol. The second-order valence-corrected chi connectivity index (χ2v) is 6.03. The smallest absolute Gasteiger partial charge is 0.0720 e. The van der Waals surface area contributed by atoms with E-state index in [-0.39, 0.29) is 0 Å². The number of ether oxygens (including phenoxy) is 1. The molecule has 0 saturated heterocycles. The van der Waals surface area contributed by atoms with Gasteiger partial charge in [-0.15, -0.1) is 0 Å². The summed E-state index contributed by atoms with van der Waals surface area (Å²) in [7, 11) is 0. The summed E-state index contributed by atoms with van der Waals surface area (Å²) in [6.07, 6.45) is 6.85. The van der Waals surface area contributed by atoms with Gasteiger partial charge in [0.15, 0.2) is 0 Å². The quantitative estimate of drug-likeness (QED) is 0.761. The Balaban J connectivity index is 1.75. The highest BCUT2D eigenvalue weighted by atomic mass is 16.5. The molecule has 2 rings (SSSR count). The molecule has 0 aliphatic heterocycles. The van der Waals surface area contributed by atoms with Gasteiger partial charge in [0.2, 0.25) is 0 Å². The van der Waals surface area contributed by atoms with Crippen molar-refractivity contribution in [3.63, 3.8) is 0 Å². The van der Waals surface area contributed by atoms with E-state index in [0.29, 0.717) is 6.10 Å². The fourth-order valence-electron chi connectivity index (χ4n) is 2.94. The molecule has 1 N–H and O–H groups in total. The maximum absolute atomic E-state index is 6.11. The summed E-state index contributed by atoms with van der Waals surface area (Å²) in [5, 5.41) is 3.36. The summed E-state index contributed by atoms with van der Waals surface area (Å²) >= 11 is 0. The van der Waals surface area contributed by atoms with Crippen molar-refractivity contribution in [2.45, 2.75) is 58.7 Å². The highest BCUT2D eigenvalue weighted by molar-refractivity contribution is 5.22. The SMILES string of the molecule is CCNCCc1ccc(COC2CCCCC2C)cc1. The van der Waals surface area contributed by atoms with Crippen LogP contribution in [0.1, 0.15) is 50.7 Å². The molecule has 0 heterocycles. The zero-order valence-corrected chi connectivity index (χ0v) is 13.0. The standard InChI is InChI=1S/C18H29NO/c1-3-19-13-12-16-8-10-17(11-9-16)14-20-18-7-5-4-6-15(18)2/h8-11,15,18-19H,3-7,12-14H2,1-2H3. The van der Waals surface area contributed by atoms with Crippen molar-refractivity contribution >= 4 is 0 Å². The van der Waals surface area contributed by atoms with E-state index < -0.39 is 0 Å². The van der Waals surface area contributed by atoms with Gasteiger partial charge in [-0.25, -0.2) is 0 Å². The number of hydrogen-bond donors (Lipinski definition) is 1. The van der Waals surface area contributed by atoms with Crippen LogP contribution >= 0.6 is 0 Å². The average Bonchev–Trinajstić information content (AvgIpc) is 2.48. The van der Waals surface area contributed by atoms with Crippen molar-refractivity contribution in [2.75, 3.05) is 13.1 Å². The van der Waals surface area contributed by atoms with Crippen LogP contribution in [0.2, 0.25) is 0 Å². The molecule has 1 saturated carbocycles. The first-order valence-electron chi connectivity index (χ1n) is 8.19. The lowest BCUT2D eigenvalue weighted by molar-refractivity contribution is -0.0154. The molecule has 2 heteroatoms. The molecule has 112 valence electrons. The molecular weight excluding hydrogens is 246 g/mol. The Morgan fingerprint density at radius 2 is 1.80 bits per heavy atom. The molecule has 2 unspecified atom stereocenters. The second-order valence-electron chi connectivity index (χ2n) is 6.03. The number of benzene rings is 1. The van der Waals surface area contributed by atoms with Crippen molar-refractivity contribution in [1.82, 2.24) is 5.32 Å². The summed E-state index contributed by atoms with van der Waals surface area (Å²) in [5.41, 5.74) is 2.70. The van der Waals surface area contributed by atoms with Gasteiger partial charge in [0.05, 0.1) is 12.7 Å². The maximum Gasteiger partial charge on any atom is 0.0720 e. The van der Waals surface area contributed by atoms with Gasteiger partial charge in [-0.1, -0.05) is 51.0 Å². The van der Waals surface area contributed by atoms with Crippen LogP contribution in [-0.2, 0) is 17.8 Å². The molecular formula is C18H29NO. The normalized spacial score (nSPS) is 22.9. The lowest BCUT2D eigenvalue weighted by atomic mass is 9.88. The van der Waals surface area contributed by atoms with E-state index >= 15 is 0 Å². The molecule has 1 aliphatic carbocycles. The molecule has 2 nitrogen and oxygen atoms in total. The number of likely N-dealkylation sites (N-methyl/N-ethyl adjacent to an activating group) is 1. The van der Waals surface area contributed by atoms with Gasteiger partial charge in [0.25, 0.3) is 0 Å². The minimum absolute atomic E-state index is 0.470. The van der Waals surface area contributed by atoms with Crippen LogP contribution in [0.25, 0.3) is 0 Å². The predicted molar refractivity (Wildman–Crippen MR) is 84.9 cm³/mol. The van der Waals surface area contributed by atoms with Gasteiger partial charge in [-0.2, -0.15) is 0 Å². The summed E-state index contributed by atoms with van der Waals surface area (Å²) in [5.74, 6) is 0.725. The fraction of sp³-hybridized carbons (Fsp3) is 0.667. The number of hydrogen-bond acceptors (Lipinski definition) is 2. The van der Waals surface area contributed by atoms with Gasteiger partial charge in [-0.3, -0.25) is 0 Å². The van der Waals surface area contributed by atoms with Crippen LogP contribution < -0.4 is 5.32 Å². The van der Waals surface area contributed by atoms with Gasteiger partial charge in [-0.05, 0) is 49.4 Å². The van der Waals surface area contributed by atoms with E-state index in [1.807, 2.05) is 0 Å². The molecule has 0 bridgehead atoms. The summed E-state index contributed by atoms with van der Waals surface area (Å²) in [4.78, 5) is 0. The Morgan fingerprint density at radius 3 is 2.50 bits per heavy atom. The van der Waals surface area contributed by atoms with E-state index in [4.69, 9.17) is 4.74 Å². The largest absolute Gasteiger partial charge is 0.373 e. The molecule has 2 atom stereocenters. The van der Waals surface area contributed by atoms with Crippen molar-refractivity contribution < 1.29 is 4.74 Å². The fourth-order valence-corrected chi connectivity index (χ4v) is 2.94. The van der Waals surface area contributed by atoms with E-state index in [9.17, 15) is 0 Å². The summed E-state index contributed by atoms with van der Waals surface area (Å²) < 4.78 is 6.11. The van der Waals surface area contributed by atoms with Gasteiger partial charge < -0.3 is 10.1 Å². The van der Waals surface area contributed by atoms with Crippen molar-refractivity contribution in [2.24, 2.45) is 5.92 Å². The van der Waals surface area contributed by atoms with Crippen molar-refractivity contribution in [3.8, 4) is 0 Å². The van der Waals surface area contributed by atoms with Gasteiger partial charge in [0, 0.05) is 0 Å². The lowest BCUT2D eigenvalue weighted by Crippen LogP contribution is -2.25. The molecule has 20 heavy (non-hydrogen) atoms. The third-order valence-corrected chi connectivity index (χ3v) is 4.36. The lowest BCUT2D eigenvalue weighted by Gasteiger charge is -2.28. The van der Waals surface area contributed by atoms with Crippen LogP contribution in [0.5, 0.6) is 0 Å². The van der Waals surface area contributed by atoms with Gasteiger partial charge >= 0.3 is 0 Å². The average molecular weight is 275 g/mol. The summed E-state index contributed by atoms with van der Waals surface area (Å²) in [6, 6.07) is 8.91. The topological polar surface area (TPSA) is 21.3 Å². The molecule has 0 radical (unpaired) electrons. The zero-order chi connectivity index (χ0) is 14.2. The zero-order valence-electron chi connectivity index (χ0n) is 13.0. The van der Waals surface area contributed by atoms with Crippen LogP contribution in [0.3, 0.4) is 0 Å². The van der Waals surface area contributed by atoms with E-state index in [2.05, 4.69) is 43.4 Å². The third-order valence-electron chi connectivity index (χ3n) is 4.36. The van der Waals surface area contributed by atoms with Crippen LogP contribution in [-0.4, -0.2) is 19.2 Å². The molecule has 1 aromatic carbocycles. The van der Waals surface area contributed by atoms with E-state index in [0.717, 1.165) is 32.0 Å². The number of rotatable bonds is 7. The predicted octanol–water partition coefficient (Wildman–Crippen LogP) is 3.93. The van der Waals surface area contributed by atoms with E-state index in [1.165, 1.54) is 36.8 Å². The van der Waals surface area contributed by atoms with Crippen molar-refractivity contribution in [3.05, 3.63) is 35.4 Å². The minimum Gasteiger partial charge on any atom is -0.373 e. The molecule has 0 amide bonds. The first kappa shape index (κ1) is 15.5. The maximum atomic E-state index is 6.11. The molecule has 1 aliphatic rings. The Kier molecular flexibility index (Phi) is 6.55. The highest BCUT2D eigenvalue weighted by Crippen LogP contribution is 2.27. The van der Waals surface area contributed by atoms with E-state index in [1.54, 1.807) is 0 Å². The number of nitrogens with one attached hydrogen (secondary N) is 1. The molecule has 0 aromatic heterocycles. The van der Waals surface area contributed by atoms with Crippen LogP contribution in [0.15, 0.2) is 24.3 Å². The summed E-state index contributed by atoms with van der Waals surface area (Å²) in [6.45, 7) is 7.35. The van der Waals surface area contributed by atoms with Gasteiger partial charge in [0.1, 0.15) is 0 Å². The Hall–Kier alpha value is -0.860. The van der Waals surface area contributed by atoms with Crippen LogP contribution in [0, 0.1) is 5.92 Å². The molecule has 0 spiro atoms. The first-order valence-corrected chi connectivity index (χ1v) is 8.19. The third kappa shape index (κ3) is 4.92. The second kappa shape index (κ2) is 8.43. The molecule has 1 fully saturated rings. The Bertz CT molecular complexity index is 374. The Morgan fingerprint density at radius 1 is 1.10 bits per heavy atom. The highest BCUT2D eigenvalue weighted by Gasteiger charge is 2.21. The first-order chi connectivity index (χ1) is 9.79. The minimum atomic E-state index is 0.470. The Labute approximate surface area is 123 Å². The molecule has 1 aromatic rings.